The summed E-state index contributed by atoms with van der Waals surface area (Å²) in [5, 5.41) is 1.54. The third-order valence-electron chi connectivity index (χ3n) is 5.10. The Morgan fingerprint density at radius 2 is 1.72 bits per heavy atom. The van der Waals surface area contributed by atoms with Gasteiger partial charge in [-0.25, -0.2) is 0 Å². The molecule has 1 aliphatic heterocycles. The van der Waals surface area contributed by atoms with E-state index < -0.39 is 0 Å². The van der Waals surface area contributed by atoms with Crippen LogP contribution >= 0.6 is 0 Å². The maximum absolute atomic E-state index is 13.1. The Hall–Kier alpha value is -2.36. The van der Waals surface area contributed by atoms with Gasteiger partial charge in [-0.15, -0.1) is 0 Å². The number of carbonyl (C=O) groups excluding carboxylic acids is 2. The normalized spacial score (nSPS) is 14.9. The van der Waals surface area contributed by atoms with E-state index in [9.17, 15) is 9.59 Å². The molecule has 25 heavy (non-hydrogen) atoms. The lowest BCUT2D eigenvalue weighted by atomic mass is 9.91. The van der Waals surface area contributed by atoms with Crippen molar-refractivity contribution in [3.05, 3.63) is 41.5 Å². The van der Waals surface area contributed by atoms with Crippen LogP contribution in [0.5, 0.6) is 5.75 Å². The predicted molar refractivity (Wildman–Crippen MR) is 99.2 cm³/mol. The second-order valence-electron chi connectivity index (χ2n) is 6.58. The molecule has 0 aromatic heterocycles. The van der Waals surface area contributed by atoms with Gasteiger partial charge in [0.2, 0.25) is 0 Å². The molecule has 1 unspecified atom stereocenters. The molecule has 2 amide bonds. The predicted octanol–water partition coefficient (Wildman–Crippen LogP) is 4.80. The summed E-state index contributed by atoms with van der Waals surface area (Å²) in [4.78, 5) is 27.7. The van der Waals surface area contributed by atoms with Crippen molar-refractivity contribution in [1.82, 2.24) is 4.90 Å². The number of unbranched alkanes of at least 4 members (excludes halogenated alkanes) is 2. The quantitative estimate of drug-likeness (QED) is 0.537. The third-order valence-corrected chi connectivity index (χ3v) is 5.10. The lowest BCUT2D eigenvalue weighted by molar-refractivity contribution is 0.0524. The Morgan fingerprint density at radius 3 is 2.36 bits per heavy atom. The highest BCUT2D eigenvalue weighted by molar-refractivity contribution is 6.26. The summed E-state index contributed by atoms with van der Waals surface area (Å²) in [5.74, 6) is 0.323. The first-order chi connectivity index (χ1) is 12.1. The van der Waals surface area contributed by atoms with E-state index in [1.807, 2.05) is 31.2 Å². The van der Waals surface area contributed by atoms with Crippen LogP contribution in [-0.2, 0) is 0 Å². The van der Waals surface area contributed by atoms with Crippen LogP contribution in [0.4, 0.5) is 0 Å². The molecule has 1 aliphatic rings. The monoisotopic (exact) mass is 339 g/mol. The summed E-state index contributed by atoms with van der Waals surface area (Å²) in [5.41, 5.74) is 1.19. The first-order valence-electron chi connectivity index (χ1n) is 9.11. The SMILES string of the molecule is CCCCCC(CC)N1C(=O)c2cccc3c(OC)ccc(c23)C1=O. The zero-order valence-electron chi connectivity index (χ0n) is 15.2. The van der Waals surface area contributed by atoms with Gasteiger partial charge >= 0.3 is 0 Å². The van der Waals surface area contributed by atoms with Gasteiger partial charge in [0.15, 0.2) is 0 Å². The summed E-state index contributed by atoms with van der Waals surface area (Å²) in [6.45, 7) is 4.20. The highest BCUT2D eigenvalue weighted by Crippen LogP contribution is 2.36. The number of amides is 2. The highest BCUT2D eigenvalue weighted by atomic mass is 16.5. The van der Waals surface area contributed by atoms with Crippen LogP contribution in [0.25, 0.3) is 10.8 Å². The third kappa shape index (κ3) is 2.90. The zero-order chi connectivity index (χ0) is 18.0. The van der Waals surface area contributed by atoms with Gasteiger partial charge in [-0.05, 0) is 31.0 Å². The summed E-state index contributed by atoms with van der Waals surface area (Å²) < 4.78 is 5.40. The van der Waals surface area contributed by atoms with Crippen molar-refractivity contribution in [2.45, 2.75) is 52.0 Å². The van der Waals surface area contributed by atoms with Gasteiger partial charge < -0.3 is 4.74 Å². The molecule has 0 aliphatic carbocycles. The molecule has 0 N–H and O–H groups in total. The van der Waals surface area contributed by atoms with Gasteiger partial charge in [0.1, 0.15) is 5.75 Å². The van der Waals surface area contributed by atoms with E-state index in [0.29, 0.717) is 16.9 Å². The maximum atomic E-state index is 13.1. The van der Waals surface area contributed by atoms with Gasteiger partial charge in [-0.2, -0.15) is 0 Å². The second-order valence-corrected chi connectivity index (χ2v) is 6.58. The van der Waals surface area contributed by atoms with Gasteiger partial charge in [0.25, 0.3) is 11.8 Å². The maximum Gasteiger partial charge on any atom is 0.261 e. The molecule has 2 aromatic rings. The van der Waals surface area contributed by atoms with E-state index in [1.165, 1.54) is 4.90 Å². The van der Waals surface area contributed by atoms with Crippen molar-refractivity contribution in [1.29, 1.82) is 0 Å². The smallest absolute Gasteiger partial charge is 0.261 e. The number of carbonyl (C=O) groups is 2. The second kappa shape index (κ2) is 7.26. The molecule has 132 valence electrons. The van der Waals surface area contributed by atoms with Crippen LogP contribution < -0.4 is 4.74 Å². The number of hydrogen-bond donors (Lipinski definition) is 0. The number of methoxy groups -OCH3 is 1. The molecule has 4 nitrogen and oxygen atoms in total. The lowest BCUT2D eigenvalue weighted by Crippen LogP contribution is -2.46. The molecule has 3 rings (SSSR count). The minimum Gasteiger partial charge on any atom is -0.496 e. The number of benzene rings is 2. The van der Waals surface area contributed by atoms with E-state index in [4.69, 9.17) is 4.74 Å². The Bertz CT molecular complexity index is 790. The summed E-state index contributed by atoms with van der Waals surface area (Å²) >= 11 is 0. The largest absolute Gasteiger partial charge is 0.496 e. The van der Waals surface area contributed by atoms with E-state index in [0.717, 1.165) is 42.9 Å². The molecule has 0 saturated carbocycles. The Balaban J connectivity index is 2.07. The molecule has 0 fully saturated rings. The molecule has 4 heteroatoms. The fourth-order valence-electron chi connectivity index (χ4n) is 3.74. The van der Waals surface area contributed by atoms with Gasteiger partial charge in [-0.1, -0.05) is 45.2 Å². The van der Waals surface area contributed by atoms with Crippen molar-refractivity contribution in [2.75, 3.05) is 7.11 Å². The number of imide groups is 1. The average molecular weight is 339 g/mol. The molecular weight excluding hydrogens is 314 g/mol. The van der Waals surface area contributed by atoms with Crippen molar-refractivity contribution in [2.24, 2.45) is 0 Å². The molecule has 0 radical (unpaired) electrons. The Morgan fingerprint density at radius 1 is 1.00 bits per heavy atom. The zero-order valence-corrected chi connectivity index (χ0v) is 15.2. The van der Waals surface area contributed by atoms with E-state index >= 15 is 0 Å². The number of nitrogens with zero attached hydrogens (tertiary/aromatic N) is 1. The number of ether oxygens (including phenoxy) is 1. The molecule has 2 aromatic carbocycles. The van der Waals surface area contributed by atoms with E-state index in [-0.39, 0.29) is 17.9 Å². The van der Waals surface area contributed by atoms with Crippen molar-refractivity contribution < 1.29 is 14.3 Å². The van der Waals surface area contributed by atoms with Gasteiger partial charge in [0, 0.05) is 27.9 Å². The van der Waals surface area contributed by atoms with Crippen LogP contribution in [-0.4, -0.2) is 29.9 Å². The Kier molecular flexibility index (Phi) is 5.07. The van der Waals surface area contributed by atoms with Crippen LogP contribution in [0.3, 0.4) is 0 Å². The topological polar surface area (TPSA) is 46.6 Å². The molecule has 1 heterocycles. The van der Waals surface area contributed by atoms with E-state index in [2.05, 4.69) is 6.92 Å². The van der Waals surface area contributed by atoms with Crippen LogP contribution in [0.2, 0.25) is 0 Å². The van der Waals surface area contributed by atoms with Crippen LogP contribution in [0, 0.1) is 0 Å². The standard InChI is InChI=1S/C21H25NO3/c1-4-6-7-9-14(5-2)22-20(23)16-11-8-10-15-18(25-3)13-12-17(19(15)16)21(22)24/h8,10-14H,4-7,9H2,1-3H3. The Labute approximate surface area is 148 Å². The average Bonchev–Trinajstić information content (AvgIpc) is 2.64. The fraction of sp³-hybridized carbons (Fsp3) is 0.429. The highest BCUT2D eigenvalue weighted by Gasteiger charge is 2.36. The molecule has 0 spiro atoms. The molecule has 1 atom stereocenters. The molecule has 0 saturated heterocycles. The fourth-order valence-corrected chi connectivity index (χ4v) is 3.74. The first kappa shape index (κ1) is 17.5. The van der Waals surface area contributed by atoms with Crippen LogP contribution in [0.15, 0.2) is 30.3 Å². The number of hydrogen-bond acceptors (Lipinski definition) is 3. The van der Waals surface area contributed by atoms with Crippen LogP contribution in [0.1, 0.15) is 66.7 Å². The number of rotatable bonds is 7. The summed E-state index contributed by atoms with van der Waals surface area (Å²) in [7, 11) is 1.60. The van der Waals surface area contributed by atoms with Gasteiger partial charge in [-0.3, -0.25) is 14.5 Å². The van der Waals surface area contributed by atoms with Crippen molar-refractivity contribution in [3.8, 4) is 5.75 Å². The van der Waals surface area contributed by atoms with Crippen molar-refractivity contribution in [3.63, 3.8) is 0 Å². The molecular formula is C21H25NO3. The first-order valence-corrected chi connectivity index (χ1v) is 9.11. The van der Waals surface area contributed by atoms with E-state index in [1.54, 1.807) is 13.2 Å². The van der Waals surface area contributed by atoms with Gasteiger partial charge in [0.05, 0.1) is 7.11 Å². The lowest BCUT2D eigenvalue weighted by Gasteiger charge is -2.33. The summed E-state index contributed by atoms with van der Waals surface area (Å²) in [6, 6.07) is 9.11. The minimum absolute atomic E-state index is 0.0444. The van der Waals surface area contributed by atoms with Crippen molar-refractivity contribution >= 4 is 22.6 Å². The minimum atomic E-state index is -0.181. The molecule has 0 bridgehead atoms. The summed E-state index contributed by atoms with van der Waals surface area (Å²) in [6.07, 6.45) is 4.92.